The summed E-state index contributed by atoms with van der Waals surface area (Å²) in [5.41, 5.74) is 1.92. The highest BCUT2D eigenvalue weighted by molar-refractivity contribution is 7.99. The lowest BCUT2D eigenvalue weighted by Gasteiger charge is -2.27. The second-order valence-corrected chi connectivity index (χ2v) is 6.78. The second kappa shape index (κ2) is 7.15. The topological polar surface area (TPSA) is 78.0 Å². The van der Waals surface area contributed by atoms with Crippen molar-refractivity contribution < 1.29 is 9.90 Å². The maximum Gasteiger partial charge on any atom is 0.230 e. The standard InChI is InChI=1S/C16H21N3O2S/c20-9-11-5-7-12(8-6-11)17-15(21)10-22-16-18-13-3-1-2-4-14(13)19-16/h1-4,11-12,20H,5-10H2,(H,17,21)(H,18,19). The third-order valence-corrected chi connectivity index (χ3v) is 5.05. The number of nitrogens with one attached hydrogen (secondary N) is 2. The van der Waals surface area contributed by atoms with Crippen LogP contribution in [0.15, 0.2) is 29.4 Å². The van der Waals surface area contributed by atoms with Crippen LogP contribution in [0.3, 0.4) is 0 Å². The number of rotatable bonds is 5. The number of aromatic nitrogens is 2. The van der Waals surface area contributed by atoms with E-state index >= 15 is 0 Å². The molecule has 0 aliphatic heterocycles. The van der Waals surface area contributed by atoms with E-state index < -0.39 is 0 Å². The Morgan fingerprint density at radius 1 is 1.32 bits per heavy atom. The molecule has 5 nitrogen and oxygen atoms in total. The quantitative estimate of drug-likeness (QED) is 0.739. The average Bonchev–Trinajstić information content (AvgIpc) is 2.96. The molecular formula is C16H21N3O2S. The number of aromatic amines is 1. The highest BCUT2D eigenvalue weighted by Gasteiger charge is 2.21. The summed E-state index contributed by atoms with van der Waals surface area (Å²) in [5.74, 6) is 0.843. The molecule has 118 valence electrons. The Hall–Kier alpha value is -1.53. The van der Waals surface area contributed by atoms with Crippen molar-refractivity contribution in [2.45, 2.75) is 36.9 Å². The smallest absolute Gasteiger partial charge is 0.230 e. The number of nitrogens with zero attached hydrogens (tertiary/aromatic N) is 1. The van der Waals surface area contributed by atoms with Crippen LogP contribution in [0.5, 0.6) is 0 Å². The van der Waals surface area contributed by atoms with Gasteiger partial charge in [0.2, 0.25) is 5.91 Å². The normalized spacial score (nSPS) is 21.9. The molecule has 2 aromatic rings. The maximum atomic E-state index is 12.0. The number of hydrogen-bond acceptors (Lipinski definition) is 4. The molecular weight excluding hydrogens is 298 g/mol. The zero-order chi connectivity index (χ0) is 15.4. The van der Waals surface area contributed by atoms with Crippen molar-refractivity contribution in [3.63, 3.8) is 0 Å². The summed E-state index contributed by atoms with van der Waals surface area (Å²) < 4.78 is 0. The number of hydrogen-bond donors (Lipinski definition) is 3. The van der Waals surface area contributed by atoms with Gasteiger partial charge in [0, 0.05) is 12.6 Å². The van der Waals surface area contributed by atoms with Crippen LogP contribution in [-0.2, 0) is 4.79 Å². The average molecular weight is 319 g/mol. The molecule has 0 spiro atoms. The SMILES string of the molecule is O=C(CSc1nc2ccccc2[nH]1)NC1CCC(CO)CC1. The van der Waals surface area contributed by atoms with Gasteiger partial charge in [-0.1, -0.05) is 23.9 Å². The van der Waals surface area contributed by atoms with E-state index in [0.29, 0.717) is 11.7 Å². The fourth-order valence-electron chi connectivity index (χ4n) is 2.89. The molecule has 1 fully saturated rings. The molecule has 1 saturated carbocycles. The molecule has 6 heteroatoms. The van der Waals surface area contributed by atoms with Crippen molar-refractivity contribution in [2.75, 3.05) is 12.4 Å². The first kappa shape index (κ1) is 15.4. The molecule has 22 heavy (non-hydrogen) atoms. The van der Waals surface area contributed by atoms with Crippen molar-refractivity contribution in [1.82, 2.24) is 15.3 Å². The molecule has 3 N–H and O–H groups in total. The van der Waals surface area contributed by atoms with Crippen LogP contribution in [0.2, 0.25) is 0 Å². The Morgan fingerprint density at radius 3 is 2.82 bits per heavy atom. The molecule has 0 saturated heterocycles. The van der Waals surface area contributed by atoms with Crippen molar-refractivity contribution in [3.8, 4) is 0 Å². The van der Waals surface area contributed by atoms with Crippen molar-refractivity contribution in [1.29, 1.82) is 0 Å². The number of para-hydroxylation sites is 2. The van der Waals surface area contributed by atoms with E-state index in [2.05, 4.69) is 15.3 Å². The fourth-order valence-corrected chi connectivity index (χ4v) is 3.59. The largest absolute Gasteiger partial charge is 0.396 e. The van der Waals surface area contributed by atoms with E-state index in [-0.39, 0.29) is 18.6 Å². The van der Waals surface area contributed by atoms with Gasteiger partial charge in [-0.25, -0.2) is 4.98 Å². The molecule has 1 amide bonds. The van der Waals surface area contributed by atoms with Gasteiger partial charge in [-0.15, -0.1) is 0 Å². The van der Waals surface area contributed by atoms with Gasteiger partial charge in [0.15, 0.2) is 5.16 Å². The second-order valence-electron chi connectivity index (χ2n) is 5.82. The zero-order valence-corrected chi connectivity index (χ0v) is 13.2. The zero-order valence-electron chi connectivity index (χ0n) is 12.4. The summed E-state index contributed by atoms with van der Waals surface area (Å²) in [6, 6.07) is 8.10. The lowest BCUT2D eigenvalue weighted by molar-refractivity contribution is -0.119. The Bertz CT molecular complexity index is 602. The van der Waals surface area contributed by atoms with E-state index in [1.807, 2.05) is 24.3 Å². The number of aliphatic hydroxyl groups is 1. The van der Waals surface area contributed by atoms with E-state index in [1.165, 1.54) is 11.8 Å². The number of H-pyrrole nitrogens is 1. The molecule has 1 aliphatic carbocycles. The molecule has 3 rings (SSSR count). The summed E-state index contributed by atoms with van der Waals surface area (Å²) in [5, 5.41) is 13.0. The number of amides is 1. The minimum absolute atomic E-state index is 0.0536. The Morgan fingerprint density at radius 2 is 2.09 bits per heavy atom. The lowest BCUT2D eigenvalue weighted by atomic mass is 9.86. The molecule has 0 unspecified atom stereocenters. The van der Waals surface area contributed by atoms with E-state index in [1.54, 1.807) is 0 Å². The number of imidazole rings is 1. The van der Waals surface area contributed by atoms with Crippen LogP contribution in [0.1, 0.15) is 25.7 Å². The van der Waals surface area contributed by atoms with Crippen LogP contribution in [-0.4, -0.2) is 39.4 Å². The third kappa shape index (κ3) is 3.81. The van der Waals surface area contributed by atoms with Gasteiger partial charge < -0.3 is 15.4 Å². The number of aliphatic hydroxyl groups excluding tert-OH is 1. The van der Waals surface area contributed by atoms with E-state index in [4.69, 9.17) is 5.11 Å². The molecule has 1 aromatic heterocycles. The van der Waals surface area contributed by atoms with Crippen molar-refractivity contribution in [3.05, 3.63) is 24.3 Å². The third-order valence-electron chi connectivity index (χ3n) is 4.18. The van der Waals surface area contributed by atoms with Crippen LogP contribution in [0.4, 0.5) is 0 Å². The highest BCUT2D eigenvalue weighted by atomic mass is 32.2. The van der Waals surface area contributed by atoms with Crippen LogP contribution in [0, 0.1) is 5.92 Å². The fraction of sp³-hybridized carbons (Fsp3) is 0.500. The molecule has 0 radical (unpaired) electrons. The number of carbonyl (C=O) groups excluding carboxylic acids is 1. The first-order chi connectivity index (χ1) is 10.7. The van der Waals surface area contributed by atoms with Gasteiger partial charge in [-0.05, 0) is 43.7 Å². The van der Waals surface area contributed by atoms with Gasteiger partial charge in [-0.3, -0.25) is 4.79 Å². The molecule has 1 aromatic carbocycles. The monoisotopic (exact) mass is 319 g/mol. The summed E-state index contributed by atoms with van der Waals surface area (Å²) in [7, 11) is 0. The minimum atomic E-state index is 0.0536. The van der Waals surface area contributed by atoms with Gasteiger partial charge >= 0.3 is 0 Å². The van der Waals surface area contributed by atoms with Crippen LogP contribution < -0.4 is 5.32 Å². The van der Waals surface area contributed by atoms with Gasteiger partial charge in [0.25, 0.3) is 0 Å². The summed E-state index contributed by atoms with van der Waals surface area (Å²) in [6.45, 7) is 0.266. The number of thioether (sulfide) groups is 1. The summed E-state index contributed by atoms with van der Waals surface area (Å²) in [6.07, 6.45) is 3.93. The first-order valence-corrected chi connectivity index (χ1v) is 8.71. The van der Waals surface area contributed by atoms with Crippen molar-refractivity contribution in [2.24, 2.45) is 5.92 Å². The lowest BCUT2D eigenvalue weighted by Crippen LogP contribution is -2.39. The van der Waals surface area contributed by atoms with E-state index in [0.717, 1.165) is 41.9 Å². The van der Waals surface area contributed by atoms with Crippen LogP contribution >= 0.6 is 11.8 Å². The van der Waals surface area contributed by atoms with Gasteiger partial charge in [0.05, 0.1) is 16.8 Å². The maximum absolute atomic E-state index is 12.0. The Balaban J connectivity index is 1.46. The number of benzene rings is 1. The number of carbonyl (C=O) groups is 1. The highest BCUT2D eigenvalue weighted by Crippen LogP contribution is 2.24. The first-order valence-electron chi connectivity index (χ1n) is 7.72. The predicted octanol–water partition coefficient (Wildman–Crippen LogP) is 2.32. The molecule has 0 bridgehead atoms. The molecule has 1 aliphatic rings. The number of fused-ring (bicyclic) bond motifs is 1. The Kier molecular flexibility index (Phi) is 5.00. The van der Waals surface area contributed by atoms with Crippen molar-refractivity contribution >= 4 is 28.7 Å². The van der Waals surface area contributed by atoms with E-state index in [9.17, 15) is 4.79 Å². The minimum Gasteiger partial charge on any atom is -0.396 e. The van der Waals surface area contributed by atoms with Crippen LogP contribution in [0.25, 0.3) is 11.0 Å². The van der Waals surface area contributed by atoms with Gasteiger partial charge in [0.1, 0.15) is 0 Å². The summed E-state index contributed by atoms with van der Waals surface area (Å²) >= 11 is 1.43. The molecule has 0 atom stereocenters. The molecule has 1 heterocycles. The predicted molar refractivity (Wildman–Crippen MR) is 87.8 cm³/mol. The Labute approximate surface area is 133 Å². The van der Waals surface area contributed by atoms with Gasteiger partial charge in [-0.2, -0.15) is 0 Å². The summed E-state index contributed by atoms with van der Waals surface area (Å²) in [4.78, 5) is 19.7.